The molecule has 3 rings (SSSR count). The standard InChI is InChI=1S/C23H27NO2S/c1-18-8-6-7-11-23(18)26-17-21(25)15-24(14-20-9-4-3-5-10-20)16-22-13-12-19(2)27-22/h3-13,21,25H,14-17H2,1-2H3/t21-/m1/s1. The summed E-state index contributed by atoms with van der Waals surface area (Å²) in [5.74, 6) is 0.833. The minimum absolute atomic E-state index is 0.291. The third-order valence-corrected chi connectivity index (χ3v) is 5.40. The molecule has 0 unspecified atom stereocenters. The third kappa shape index (κ3) is 6.21. The van der Waals surface area contributed by atoms with E-state index >= 15 is 0 Å². The quantitative estimate of drug-likeness (QED) is 0.577. The largest absolute Gasteiger partial charge is 0.491 e. The van der Waals surface area contributed by atoms with Gasteiger partial charge in [0.2, 0.25) is 0 Å². The summed E-state index contributed by atoms with van der Waals surface area (Å²) in [6.07, 6.45) is -0.547. The molecule has 1 heterocycles. The van der Waals surface area contributed by atoms with E-state index in [0.717, 1.165) is 24.4 Å². The second kappa shape index (κ2) is 9.70. The summed E-state index contributed by atoms with van der Waals surface area (Å²) >= 11 is 1.81. The normalized spacial score (nSPS) is 12.3. The zero-order valence-corrected chi connectivity index (χ0v) is 16.8. The van der Waals surface area contributed by atoms with E-state index in [-0.39, 0.29) is 0 Å². The number of aryl methyl sites for hydroxylation is 2. The maximum absolute atomic E-state index is 10.6. The van der Waals surface area contributed by atoms with Crippen LogP contribution < -0.4 is 4.74 Å². The van der Waals surface area contributed by atoms with Gasteiger partial charge in [-0.15, -0.1) is 11.3 Å². The van der Waals surface area contributed by atoms with Gasteiger partial charge in [-0.2, -0.15) is 0 Å². The molecule has 0 radical (unpaired) electrons. The first-order valence-electron chi connectivity index (χ1n) is 9.28. The van der Waals surface area contributed by atoms with E-state index in [0.29, 0.717) is 13.2 Å². The van der Waals surface area contributed by atoms with E-state index in [1.54, 1.807) is 0 Å². The Morgan fingerprint density at radius 3 is 2.37 bits per heavy atom. The summed E-state index contributed by atoms with van der Waals surface area (Å²) in [6, 6.07) is 22.6. The topological polar surface area (TPSA) is 32.7 Å². The molecule has 142 valence electrons. The van der Waals surface area contributed by atoms with Gasteiger partial charge in [-0.25, -0.2) is 0 Å². The van der Waals surface area contributed by atoms with Gasteiger partial charge >= 0.3 is 0 Å². The minimum Gasteiger partial charge on any atom is -0.491 e. The van der Waals surface area contributed by atoms with Gasteiger partial charge in [0, 0.05) is 29.4 Å². The first-order chi connectivity index (χ1) is 13.1. The molecule has 0 spiro atoms. The molecule has 0 aliphatic heterocycles. The highest BCUT2D eigenvalue weighted by atomic mass is 32.1. The first-order valence-corrected chi connectivity index (χ1v) is 10.1. The van der Waals surface area contributed by atoms with Crippen molar-refractivity contribution >= 4 is 11.3 Å². The Hall–Kier alpha value is -2.14. The lowest BCUT2D eigenvalue weighted by Crippen LogP contribution is -2.35. The Kier molecular flexibility index (Phi) is 7.04. The number of rotatable bonds is 9. The molecule has 27 heavy (non-hydrogen) atoms. The number of aliphatic hydroxyl groups excluding tert-OH is 1. The van der Waals surface area contributed by atoms with Crippen molar-refractivity contribution in [2.24, 2.45) is 0 Å². The molecular weight excluding hydrogens is 354 g/mol. The van der Waals surface area contributed by atoms with Gasteiger partial charge in [0.25, 0.3) is 0 Å². The lowest BCUT2D eigenvalue weighted by molar-refractivity contribution is 0.0630. The molecule has 1 atom stereocenters. The molecule has 1 N–H and O–H groups in total. The number of nitrogens with zero attached hydrogens (tertiary/aromatic N) is 1. The fraction of sp³-hybridized carbons (Fsp3) is 0.304. The molecule has 0 fully saturated rings. The maximum atomic E-state index is 10.6. The minimum atomic E-state index is -0.547. The number of hydrogen-bond donors (Lipinski definition) is 1. The van der Waals surface area contributed by atoms with E-state index in [9.17, 15) is 5.11 Å². The fourth-order valence-corrected chi connectivity index (χ4v) is 4.01. The molecule has 0 aliphatic rings. The SMILES string of the molecule is Cc1ccc(CN(Cc2ccccc2)C[C@@H](O)COc2ccccc2C)s1. The van der Waals surface area contributed by atoms with Crippen LogP contribution in [0.2, 0.25) is 0 Å². The molecule has 1 aromatic heterocycles. The average Bonchev–Trinajstić information content (AvgIpc) is 3.06. The van der Waals surface area contributed by atoms with Gasteiger partial charge in [0.05, 0.1) is 0 Å². The van der Waals surface area contributed by atoms with Crippen LogP contribution in [-0.2, 0) is 13.1 Å². The van der Waals surface area contributed by atoms with Crippen molar-refractivity contribution in [1.29, 1.82) is 0 Å². The van der Waals surface area contributed by atoms with E-state index in [2.05, 4.69) is 48.2 Å². The summed E-state index contributed by atoms with van der Waals surface area (Å²) in [5.41, 5.74) is 2.33. The van der Waals surface area contributed by atoms with Crippen molar-refractivity contribution in [3.8, 4) is 5.75 Å². The molecule has 0 saturated carbocycles. The van der Waals surface area contributed by atoms with E-state index in [1.165, 1.54) is 15.3 Å². The summed E-state index contributed by atoms with van der Waals surface area (Å²) in [4.78, 5) is 4.91. The second-order valence-electron chi connectivity index (χ2n) is 6.90. The number of aliphatic hydroxyl groups is 1. The van der Waals surface area contributed by atoms with Crippen LogP contribution in [0.1, 0.15) is 20.9 Å². The first kappa shape index (κ1) is 19.6. The van der Waals surface area contributed by atoms with Crippen molar-refractivity contribution in [3.63, 3.8) is 0 Å². The highest BCUT2D eigenvalue weighted by Gasteiger charge is 2.15. The molecule has 3 nitrogen and oxygen atoms in total. The highest BCUT2D eigenvalue weighted by Crippen LogP contribution is 2.20. The van der Waals surface area contributed by atoms with Crippen LogP contribution in [0.5, 0.6) is 5.75 Å². The van der Waals surface area contributed by atoms with Crippen LogP contribution in [0, 0.1) is 13.8 Å². The lowest BCUT2D eigenvalue weighted by Gasteiger charge is -2.25. The lowest BCUT2D eigenvalue weighted by atomic mass is 10.2. The van der Waals surface area contributed by atoms with Gasteiger partial charge in [-0.3, -0.25) is 4.90 Å². The zero-order valence-electron chi connectivity index (χ0n) is 16.0. The van der Waals surface area contributed by atoms with E-state index in [4.69, 9.17) is 4.74 Å². The number of thiophene rings is 1. The van der Waals surface area contributed by atoms with Crippen LogP contribution in [0.4, 0.5) is 0 Å². The Bertz CT molecular complexity index is 831. The number of para-hydroxylation sites is 1. The van der Waals surface area contributed by atoms with E-state index < -0.39 is 6.10 Å². The Balaban J connectivity index is 1.61. The van der Waals surface area contributed by atoms with Crippen LogP contribution in [0.15, 0.2) is 66.7 Å². The molecule has 3 aromatic rings. The van der Waals surface area contributed by atoms with Gasteiger partial charge in [-0.05, 0) is 43.2 Å². The molecule has 0 saturated heterocycles. The number of benzene rings is 2. The monoisotopic (exact) mass is 381 g/mol. The molecule has 4 heteroatoms. The van der Waals surface area contributed by atoms with Crippen molar-refractivity contribution in [3.05, 3.63) is 87.6 Å². The van der Waals surface area contributed by atoms with Gasteiger partial charge in [0.15, 0.2) is 0 Å². The summed E-state index contributed by atoms with van der Waals surface area (Å²) in [7, 11) is 0. The predicted octanol–water partition coefficient (Wildman–Crippen LogP) is 4.81. The van der Waals surface area contributed by atoms with Crippen LogP contribution >= 0.6 is 11.3 Å². The summed E-state index contributed by atoms with van der Waals surface area (Å²) in [5, 5.41) is 10.6. The Morgan fingerprint density at radius 1 is 0.926 bits per heavy atom. The summed E-state index contributed by atoms with van der Waals surface area (Å²) < 4.78 is 5.83. The number of ether oxygens (including phenoxy) is 1. The molecular formula is C23H27NO2S. The van der Waals surface area contributed by atoms with Crippen LogP contribution in [0.25, 0.3) is 0 Å². The highest BCUT2D eigenvalue weighted by molar-refractivity contribution is 7.11. The van der Waals surface area contributed by atoms with Crippen LogP contribution in [-0.4, -0.2) is 29.3 Å². The van der Waals surface area contributed by atoms with Crippen molar-refractivity contribution in [2.75, 3.05) is 13.2 Å². The Labute approximate surface area is 165 Å². The van der Waals surface area contributed by atoms with Gasteiger partial charge in [-0.1, -0.05) is 48.5 Å². The summed E-state index contributed by atoms with van der Waals surface area (Å²) in [6.45, 7) is 6.63. The van der Waals surface area contributed by atoms with Gasteiger partial charge in [0.1, 0.15) is 18.5 Å². The smallest absolute Gasteiger partial charge is 0.122 e. The van der Waals surface area contributed by atoms with Crippen molar-refractivity contribution in [2.45, 2.75) is 33.0 Å². The second-order valence-corrected chi connectivity index (χ2v) is 8.27. The average molecular weight is 382 g/mol. The third-order valence-electron chi connectivity index (χ3n) is 4.42. The van der Waals surface area contributed by atoms with E-state index in [1.807, 2.05) is 48.6 Å². The van der Waals surface area contributed by atoms with Crippen LogP contribution in [0.3, 0.4) is 0 Å². The Morgan fingerprint density at radius 2 is 1.67 bits per heavy atom. The van der Waals surface area contributed by atoms with Gasteiger partial charge < -0.3 is 9.84 Å². The molecule has 0 amide bonds. The number of hydrogen-bond acceptors (Lipinski definition) is 4. The fourth-order valence-electron chi connectivity index (χ4n) is 3.07. The molecule has 2 aromatic carbocycles. The predicted molar refractivity (Wildman–Crippen MR) is 112 cm³/mol. The maximum Gasteiger partial charge on any atom is 0.122 e. The van der Waals surface area contributed by atoms with Crippen molar-refractivity contribution < 1.29 is 9.84 Å². The zero-order chi connectivity index (χ0) is 19.1. The molecule has 0 aliphatic carbocycles. The van der Waals surface area contributed by atoms with Crippen molar-refractivity contribution in [1.82, 2.24) is 4.90 Å². The molecule has 0 bridgehead atoms.